The van der Waals surface area contributed by atoms with Gasteiger partial charge < -0.3 is 19.1 Å². The summed E-state index contributed by atoms with van der Waals surface area (Å²) in [5.41, 5.74) is 1.96. The molecule has 8 nitrogen and oxygen atoms in total. The molecule has 218 valence electrons. The molecule has 0 saturated carbocycles. The normalized spacial score (nSPS) is 10.7. The van der Waals surface area contributed by atoms with E-state index in [1.54, 1.807) is 61.2 Å². The van der Waals surface area contributed by atoms with Gasteiger partial charge in [-0.2, -0.15) is 0 Å². The van der Waals surface area contributed by atoms with Gasteiger partial charge in [-0.3, -0.25) is 10.1 Å². The number of benzene rings is 4. The van der Waals surface area contributed by atoms with E-state index < -0.39 is 22.5 Å². The first-order chi connectivity index (χ1) is 20.1. The molecule has 4 rings (SSSR count). The Labute approximate surface area is 246 Å². The third kappa shape index (κ3) is 7.73. The molecule has 0 heterocycles. The highest BCUT2D eigenvalue weighted by atomic mass is 35.5. The van der Waals surface area contributed by atoms with Gasteiger partial charge in [-0.05, 0) is 55.8 Å². The number of halogens is 3. The Morgan fingerprint density at radius 1 is 0.976 bits per heavy atom. The number of carbonyl (C=O) groups is 1. The summed E-state index contributed by atoms with van der Waals surface area (Å²) in [6.45, 7) is 3.59. The van der Waals surface area contributed by atoms with Crippen molar-refractivity contribution in [3.8, 4) is 17.2 Å². The largest absolute Gasteiger partial charge is 0.480 e. The van der Waals surface area contributed by atoms with Crippen molar-refractivity contribution >= 4 is 28.9 Å². The van der Waals surface area contributed by atoms with Gasteiger partial charge in [-0.25, -0.2) is 13.6 Å². The number of nitro benzene ring substituents is 1. The number of esters is 1. The van der Waals surface area contributed by atoms with Gasteiger partial charge in [0.05, 0.1) is 22.1 Å². The summed E-state index contributed by atoms with van der Waals surface area (Å²) in [5, 5.41) is 11.9. The average molecular weight is 597 g/mol. The van der Waals surface area contributed by atoms with Crippen LogP contribution in [0.15, 0.2) is 78.9 Å². The van der Waals surface area contributed by atoms with Crippen molar-refractivity contribution in [2.75, 3.05) is 18.1 Å². The minimum Gasteiger partial charge on any atom is -0.480 e. The molecule has 11 heteroatoms. The van der Waals surface area contributed by atoms with E-state index in [1.165, 1.54) is 18.2 Å². The molecule has 0 N–H and O–H groups in total. The van der Waals surface area contributed by atoms with Gasteiger partial charge in [-0.15, -0.1) is 0 Å². The zero-order chi connectivity index (χ0) is 30.2. The molecule has 0 atom stereocenters. The van der Waals surface area contributed by atoms with Crippen molar-refractivity contribution in [2.24, 2.45) is 0 Å². The maximum absolute atomic E-state index is 14.6. The molecule has 0 amide bonds. The fraction of sp³-hybridized carbons (Fsp3) is 0.194. The van der Waals surface area contributed by atoms with Crippen LogP contribution in [0.4, 0.5) is 20.2 Å². The highest BCUT2D eigenvalue weighted by Crippen LogP contribution is 2.33. The van der Waals surface area contributed by atoms with E-state index in [0.29, 0.717) is 27.8 Å². The van der Waals surface area contributed by atoms with Crippen LogP contribution in [-0.2, 0) is 22.6 Å². The quantitative estimate of drug-likeness (QED) is 0.0937. The Balaban J connectivity index is 1.54. The number of nitrogens with zero attached hydrogens (tertiary/aromatic N) is 2. The second-order valence-corrected chi connectivity index (χ2v) is 9.61. The van der Waals surface area contributed by atoms with Crippen LogP contribution in [0.25, 0.3) is 0 Å². The molecule has 0 fully saturated rings. The van der Waals surface area contributed by atoms with Crippen LogP contribution in [-0.4, -0.2) is 24.1 Å². The lowest BCUT2D eigenvalue weighted by Crippen LogP contribution is -2.24. The fourth-order valence-electron chi connectivity index (χ4n) is 4.25. The van der Waals surface area contributed by atoms with Crippen molar-refractivity contribution in [1.29, 1.82) is 0 Å². The Morgan fingerprint density at radius 2 is 1.71 bits per heavy atom. The monoisotopic (exact) mass is 596 g/mol. The molecule has 0 bridgehead atoms. The minimum atomic E-state index is -0.708. The first-order valence-electron chi connectivity index (χ1n) is 12.9. The lowest BCUT2D eigenvalue weighted by atomic mass is 10.1. The zero-order valence-corrected chi connectivity index (χ0v) is 23.6. The van der Waals surface area contributed by atoms with Gasteiger partial charge in [0.1, 0.15) is 28.9 Å². The Morgan fingerprint density at radius 3 is 2.40 bits per heavy atom. The summed E-state index contributed by atoms with van der Waals surface area (Å²) in [6.07, 6.45) is 0. The molecule has 4 aromatic rings. The van der Waals surface area contributed by atoms with Crippen LogP contribution in [0.5, 0.6) is 17.2 Å². The predicted molar refractivity (Wildman–Crippen MR) is 154 cm³/mol. The molecule has 4 aromatic carbocycles. The van der Waals surface area contributed by atoms with Crippen molar-refractivity contribution in [2.45, 2.75) is 26.9 Å². The van der Waals surface area contributed by atoms with E-state index in [2.05, 4.69) is 0 Å². The van der Waals surface area contributed by atoms with Crippen LogP contribution >= 0.6 is 11.6 Å². The molecule has 0 unspecified atom stereocenters. The molecule has 0 spiro atoms. The molecule has 0 radical (unpaired) electrons. The Hall–Kier alpha value is -4.70. The highest BCUT2D eigenvalue weighted by molar-refractivity contribution is 6.32. The number of ether oxygens (including phenoxy) is 3. The summed E-state index contributed by atoms with van der Waals surface area (Å²) in [5.74, 6) is -0.739. The maximum Gasteiger partial charge on any atom is 0.344 e. The van der Waals surface area contributed by atoms with Gasteiger partial charge in [0.2, 0.25) is 0 Å². The number of hydrogen-bond donors (Lipinski definition) is 0. The summed E-state index contributed by atoms with van der Waals surface area (Å²) >= 11 is 6.18. The van der Waals surface area contributed by atoms with Gasteiger partial charge in [0.15, 0.2) is 6.61 Å². The van der Waals surface area contributed by atoms with Crippen LogP contribution in [0.1, 0.15) is 23.6 Å². The van der Waals surface area contributed by atoms with E-state index in [4.69, 9.17) is 25.8 Å². The van der Waals surface area contributed by atoms with E-state index in [0.717, 1.165) is 11.6 Å². The van der Waals surface area contributed by atoms with Gasteiger partial charge in [0.25, 0.3) is 5.69 Å². The molecule has 0 saturated heterocycles. The standard InChI is InChI=1S/C31H27ClF2N2O6/c1-3-40-31(37)19-41-30-16-25(13-14-26(30)32)42-24-11-7-21(8-12-24)17-35(18-22-9-10-23(33)15-27(22)34)28-5-4-6-29(20(28)2)36(38)39/h4-16H,3,17-19H2,1-2H3. The molecular weight excluding hydrogens is 570 g/mol. The first-order valence-corrected chi connectivity index (χ1v) is 13.3. The zero-order valence-electron chi connectivity index (χ0n) is 22.8. The second kappa shape index (κ2) is 13.8. The van der Waals surface area contributed by atoms with E-state index in [1.807, 2.05) is 12.1 Å². The van der Waals surface area contributed by atoms with E-state index in [-0.39, 0.29) is 43.3 Å². The number of nitro groups is 1. The van der Waals surface area contributed by atoms with Crippen molar-refractivity contribution < 1.29 is 32.7 Å². The van der Waals surface area contributed by atoms with Crippen LogP contribution in [0.2, 0.25) is 5.02 Å². The SMILES string of the molecule is CCOC(=O)COc1cc(Oc2ccc(CN(Cc3ccc(F)cc3F)c3cccc([N+](=O)[O-])c3C)cc2)ccc1Cl. The van der Waals surface area contributed by atoms with E-state index >= 15 is 0 Å². The van der Waals surface area contributed by atoms with Crippen molar-refractivity contribution in [1.82, 2.24) is 0 Å². The molecule has 0 aromatic heterocycles. The van der Waals surface area contributed by atoms with Crippen molar-refractivity contribution in [3.05, 3.63) is 122 Å². The van der Waals surface area contributed by atoms with Gasteiger partial charge in [0, 0.05) is 42.5 Å². The second-order valence-electron chi connectivity index (χ2n) is 9.20. The topological polar surface area (TPSA) is 91.1 Å². The third-order valence-electron chi connectivity index (χ3n) is 6.28. The molecule has 0 aliphatic carbocycles. The molecule has 0 aliphatic heterocycles. The van der Waals surface area contributed by atoms with Crippen LogP contribution in [0, 0.1) is 28.7 Å². The lowest BCUT2D eigenvalue weighted by molar-refractivity contribution is -0.385. The van der Waals surface area contributed by atoms with Gasteiger partial charge in [-0.1, -0.05) is 35.9 Å². The summed E-state index contributed by atoms with van der Waals surface area (Å²) in [4.78, 5) is 24.5. The number of carbonyl (C=O) groups excluding carboxylic acids is 1. The highest BCUT2D eigenvalue weighted by Gasteiger charge is 2.20. The number of hydrogen-bond acceptors (Lipinski definition) is 7. The van der Waals surface area contributed by atoms with E-state index in [9.17, 15) is 23.7 Å². The molecule has 42 heavy (non-hydrogen) atoms. The maximum atomic E-state index is 14.6. The minimum absolute atomic E-state index is 0.0473. The number of anilines is 1. The fourth-order valence-corrected chi connectivity index (χ4v) is 4.42. The Bertz CT molecular complexity index is 1580. The summed E-state index contributed by atoms with van der Waals surface area (Å²) < 4.78 is 44.3. The summed E-state index contributed by atoms with van der Waals surface area (Å²) in [7, 11) is 0. The van der Waals surface area contributed by atoms with Crippen molar-refractivity contribution in [3.63, 3.8) is 0 Å². The van der Waals surface area contributed by atoms with Gasteiger partial charge >= 0.3 is 5.97 Å². The summed E-state index contributed by atoms with van der Waals surface area (Å²) in [6, 6.07) is 19.9. The molecule has 0 aliphatic rings. The van der Waals surface area contributed by atoms with Crippen LogP contribution in [0.3, 0.4) is 0 Å². The lowest BCUT2D eigenvalue weighted by Gasteiger charge is -2.27. The predicted octanol–water partition coefficient (Wildman–Crippen LogP) is 7.78. The molecular formula is C31H27ClF2N2O6. The van der Waals surface area contributed by atoms with Crippen LogP contribution < -0.4 is 14.4 Å². The third-order valence-corrected chi connectivity index (χ3v) is 6.59. The average Bonchev–Trinajstić information content (AvgIpc) is 2.95. The Kier molecular flexibility index (Phi) is 9.93. The first kappa shape index (κ1) is 30.3. The smallest absolute Gasteiger partial charge is 0.344 e. The number of rotatable bonds is 12.